The predicted molar refractivity (Wildman–Crippen MR) is 151 cm³/mol. The van der Waals surface area contributed by atoms with Crippen LogP contribution >= 0.6 is 0 Å². The van der Waals surface area contributed by atoms with E-state index in [4.69, 9.17) is 18.6 Å². The first kappa shape index (κ1) is 28.5. The highest BCUT2D eigenvalue weighted by molar-refractivity contribution is 5.71. The number of aromatic hydroxyl groups is 1. The second-order valence-electron chi connectivity index (χ2n) is 11.1. The van der Waals surface area contributed by atoms with Crippen LogP contribution in [0.3, 0.4) is 0 Å². The van der Waals surface area contributed by atoms with Gasteiger partial charge in [0, 0.05) is 43.4 Å². The van der Waals surface area contributed by atoms with E-state index in [1.165, 1.54) is 20.3 Å². The number of nitrogens with zero attached hydrogens (tertiary/aromatic N) is 2. The standard InChI is InChI=1S/C31H36N2O8/c1-18(2)40-26-9-8-20(11-27(26)38-3)23(13-29(36)39-4)31-30(37)25(34)12-22(41-31)17-32-14-19-10-21(16-32)24-6-5-7-28(35)33(24)15-19/h5-9,11-12,18-19,21,23,37H,10,13-17H2,1-4H3/t19-,21+,23?/m1/s1. The van der Waals surface area contributed by atoms with Crippen LogP contribution in [0.5, 0.6) is 17.2 Å². The molecule has 5 rings (SSSR count). The SMILES string of the molecule is COC(=O)CC(c1ccc(OC(C)C)c(OC)c1)c1oc(CN2C[C@H]3C[C@@H](C2)c2cccc(=O)n2C3)cc(=O)c1O. The average Bonchev–Trinajstić information content (AvgIpc) is 2.94. The molecule has 1 aromatic carbocycles. The number of benzene rings is 1. The summed E-state index contributed by atoms with van der Waals surface area (Å²) < 4.78 is 24.4. The molecule has 41 heavy (non-hydrogen) atoms. The fourth-order valence-corrected chi connectivity index (χ4v) is 6.08. The number of aromatic nitrogens is 1. The minimum atomic E-state index is -0.809. The zero-order valence-corrected chi connectivity index (χ0v) is 23.8. The number of ether oxygens (including phenoxy) is 3. The maximum absolute atomic E-state index is 13.0. The highest BCUT2D eigenvalue weighted by Crippen LogP contribution is 2.39. The van der Waals surface area contributed by atoms with Crippen molar-refractivity contribution < 1.29 is 28.5 Å². The summed E-state index contributed by atoms with van der Waals surface area (Å²) in [6.45, 7) is 6.27. The van der Waals surface area contributed by atoms with Crippen LogP contribution in [0.15, 0.2) is 56.5 Å². The van der Waals surface area contributed by atoms with Crippen LogP contribution in [-0.2, 0) is 22.6 Å². The van der Waals surface area contributed by atoms with Gasteiger partial charge in [-0.3, -0.25) is 19.3 Å². The number of hydrogen-bond acceptors (Lipinski definition) is 9. The van der Waals surface area contributed by atoms with Gasteiger partial charge >= 0.3 is 5.97 Å². The smallest absolute Gasteiger partial charge is 0.306 e. The lowest BCUT2D eigenvalue weighted by Crippen LogP contribution is -2.46. The lowest BCUT2D eigenvalue weighted by atomic mass is 9.83. The Hall–Kier alpha value is -4.05. The van der Waals surface area contributed by atoms with E-state index in [1.54, 1.807) is 30.3 Å². The van der Waals surface area contributed by atoms with E-state index in [1.807, 2.05) is 24.5 Å². The molecule has 1 N–H and O–H groups in total. The lowest BCUT2D eigenvalue weighted by Gasteiger charge is -2.42. The van der Waals surface area contributed by atoms with Gasteiger partial charge in [0.15, 0.2) is 17.3 Å². The number of hydrogen-bond donors (Lipinski definition) is 1. The first-order valence-electron chi connectivity index (χ1n) is 13.9. The second-order valence-corrected chi connectivity index (χ2v) is 11.1. The molecule has 0 radical (unpaired) electrons. The minimum absolute atomic E-state index is 0.00779. The summed E-state index contributed by atoms with van der Waals surface area (Å²) in [5.74, 6) is -0.0283. The van der Waals surface area contributed by atoms with E-state index in [0.717, 1.165) is 18.7 Å². The third-order valence-electron chi connectivity index (χ3n) is 7.80. The maximum Gasteiger partial charge on any atom is 0.306 e. The molecule has 3 atom stereocenters. The van der Waals surface area contributed by atoms with Gasteiger partial charge in [-0.25, -0.2) is 0 Å². The molecule has 2 aliphatic rings. The number of likely N-dealkylation sites (tertiary alicyclic amines) is 1. The third-order valence-corrected chi connectivity index (χ3v) is 7.80. The van der Waals surface area contributed by atoms with Crippen molar-refractivity contribution in [2.45, 2.75) is 57.7 Å². The number of methoxy groups -OCH3 is 2. The van der Waals surface area contributed by atoms with Crippen LogP contribution in [0.25, 0.3) is 0 Å². The van der Waals surface area contributed by atoms with Gasteiger partial charge in [-0.05, 0) is 49.9 Å². The molecule has 10 nitrogen and oxygen atoms in total. The van der Waals surface area contributed by atoms with E-state index in [0.29, 0.717) is 48.4 Å². The van der Waals surface area contributed by atoms with Gasteiger partial charge in [-0.1, -0.05) is 12.1 Å². The summed E-state index contributed by atoms with van der Waals surface area (Å²) in [4.78, 5) is 40.0. The predicted octanol–water partition coefficient (Wildman–Crippen LogP) is 3.62. The molecule has 1 saturated heterocycles. The molecular formula is C31H36N2O8. The van der Waals surface area contributed by atoms with Crippen molar-refractivity contribution in [1.29, 1.82) is 0 Å². The molecular weight excluding hydrogens is 528 g/mol. The largest absolute Gasteiger partial charge is 0.502 e. The summed E-state index contributed by atoms with van der Waals surface area (Å²) >= 11 is 0. The minimum Gasteiger partial charge on any atom is -0.502 e. The van der Waals surface area contributed by atoms with Gasteiger partial charge in [0.25, 0.3) is 5.56 Å². The Bertz CT molecular complexity index is 1540. The summed E-state index contributed by atoms with van der Waals surface area (Å²) in [7, 11) is 2.80. The molecule has 1 fully saturated rings. The highest BCUT2D eigenvalue weighted by Gasteiger charge is 2.35. The Morgan fingerprint density at radius 2 is 1.88 bits per heavy atom. The fourth-order valence-electron chi connectivity index (χ4n) is 6.08. The quantitative estimate of drug-likeness (QED) is 0.389. The lowest BCUT2D eigenvalue weighted by molar-refractivity contribution is -0.140. The second kappa shape index (κ2) is 11.8. The van der Waals surface area contributed by atoms with Crippen molar-refractivity contribution in [1.82, 2.24) is 9.47 Å². The van der Waals surface area contributed by atoms with E-state index in [9.17, 15) is 19.5 Å². The van der Waals surface area contributed by atoms with Gasteiger partial charge in [-0.15, -0.1) is 0 Å². The zero-order chi connectivity index (χ0) is 29.3. The molecule has 0 spiro atoms. The van der Waals surface area contributed by atoms with E-state index < -0.39 is 23.1 Å². The summed E-state index contributed by atoms with van der Waals surface area (Å²) in [5.41, 5.74) is 1.06. The normalized spacial score (nSPS) is 19.0. The maximum atomic E-state index is 13.0. The van der Waals surface area contributed by atoms with Crippen molar-refractivity contribution in [3.8, 4) is 17.2 Å². The number of carbonyl (C=O) groups excluding carboxylic acids is 1. The Morgan fingerprint density at radius 3 is 2.61 bits per heavy atom. The molecule has 2 aliphatic heterocycles. The van der Waals surface area contributed by atoms with Gasteiger partial charge in [0.1, 0.15) is 5.76 Å². The van der Waals surface area contributed by atoms with Crippen molar-refractivity contribution in [2.24, 2.45) is 5.92 Å². The molecule has 10 heteroatoms. The first-order valence-corrected chi connectivity index (χ1v) is 13.9. The van der Waals surface area contributed by atoms with Crippen LogP contribution in [0, 0.1) is 5.92 Å². The Morgan fingerprint density at radius 1 is 1.07 bits per heavy atom. The topological polar surface area (TPSA) is 120 Å². The van der Waals surface area contributed by atoms with Crippen LogP contribution in [-0.4, -0.2) is 54.0 Å². The number of pyridine rings is 1. The van der Waals surface area contributed by atoms with Gasteiger partial charge in [-0.2, -0.15) is 0 Å². The van der Waals surface area contributed by atoms with Crippen LogP contribution in [0.2, 0.25) is 0 Å². The van der Waals surface area contributed by atoms with Crippen LogP contribution in [0.1, 0.15) is 61.3 Å². The van der Waals surface area contributed by atoms with E-state index in [-0.39, 0.29) is 29.8 Å². The first-order chi connectivity index (χ1) is 19.7. The van der Waals surface area contributed by atoms with Crippen LogP contribution in [0.4, 0.5) is 0 Å². The average molecular weight is 565 g/mol. The fraction of sp³-hybridized carbons (Fsp3) is 0.452. The van der Waals surface area contributed by atoms with Crippen molar-refractivity contribution in [2.75, 3.05) is 27.3 Å². The molecule has 0 amide bonds. The molecule has 218 valence electrons. The molecule has 3 aromatic rings. The summed E-state index contributed by atoms with van der Waals surface area (Å²) in [5, 5.41) is 10.9. The molecule has 1 unspecified atom stereocenters. The summed E-state index contributed by atoms with van der Waals surface area (Å²) in [6.07, 6.45) is 0.760. The summed E-state index contributed by atoms with van der Waals surface area (Å²) in [6, 6.07) is 11.9. The van der Waals surface area contributed by atoms with Crippen molar-refractivity contribution in [3.63, 3.8) is 0 Å². The number of piperidine rings is 1. The van der Waals surface area contributed by atoms with Gasteiger partial charge in [0.05, 0.1) is 39.2 Å². The zero-order valence-electron chi connectivity index (χ0n) is 23.8. The molecule has 0 aliphatic carbocycles. The Balaban J connectivity index is 1.47. The van der Waals surface area contributed by atoms with Crippen LogP contribution < -0.4 is 20.5 Å². The van der Waals surface area contributed by atoms with Crippen molar-refractivity contribution in [3.05, 3.63) is 85.8 Å². The van der Waals surface area contributed by atoms with Gasteiger partial charge < -0.3 is 28.3 Å². The number of fused-ring (bicyclic) bond motifs is 4. The third kappa shape index (κ3) is 6.02. The highest BCUT2D eigenvalue weighted by atomic mass is 16.5. The van der Waals surface area contributed by atoms with E-state index >= 15 is 0 Å². The molecule has 4 heterocycles. The Labute approximate surface area is 238 Å². The Kier molecular flexibility index (Phi) is 8.21. The number of carbonyl (C=O) groups is 1. The van der Waals surface area contributed by atoms with Crippen molar-refractivity contribution >= 4 is 5.97 Å². The molecule has 2 aromatic heterocycles. The molecule has 2 bridgehead atoms. The van der Waals surface area contributed by atoms with Gasteiger partial charge in [0.2, 0.25) is 11.2 Å². The monoisotopic (exact) mass is 564 g/mol. The number of esters is 1. The molecule has 0 saturated carbocycles. The van der Waals surface area contributed by atoms with E-state index in [2.05, 4.69) is 4.90 Å². The number of rotatable bonds is 9.